The lowest BCUT2D eigenvalue weighted by Crippen LogP contribution is -2.32. The molecule has 4 aromatic rings. The first-order valence-corrected chi connectivity index (χ1v) is 10.1. The summed E-state index contributed by atoms with van der Waals surface area (Å²) < 4.78 is 1.93. The van der Waals surface area contributed by atoms with Crippen LogP contribution in [-0.2, 0) is 0 Å². The number of aryl methyl sites for hydroxylation is 1. The molecule has 1 atom stereocenters. The van der Waals surface area contributed by atoms with Gasteiger partial charge in [0.05, 0.1) is 29.6 Å². The number of para-hydroxylation sites is 1. The zero-order valence-electron chi connectivity index (χ0n) is 16.0. The molecule has 1 saturated heterocycles. The number of hydrogen-bond donors (Lipinski definition) is 2. The summed E-state index contributed by atoms with van der Waals surface area (Å²) >= 11 is 6.39. The SMILES string of the molecule is Cc1cccc(Cl)c1Nc1nc2ccc(N3CCCC3CO)nc2n2cncc12. The first-order chi connectivity index (χ1) is 14.2. The standard InChI is InChI=1S/C21H21ClN6O/c1-13-4-2-6-15(22)19(13)26-20-17-10-23-12-28(17)21-16(24-20)7-8-18(25-21)27-9-3-5-14(27)11-29/h2,4,6-8,10,12,14,29H,3,5,9,11H2,1H3,(H,24,26). The van der Waals surface area contributed by atoms with Crippen LogP contribution in [0.4, 0.5) is 17.3 Å². The van der Waals surface area contributed by atoms with Crippen LogP contribution in [0, 0.1) is 6.92 Å². The largest absolute Gasteiger partial charge is 0.394 e. The van der Waals surface area contributed by atoms with E-state index >= 15 is 0 Å². The number of benzene rings is 1. The lowest BCUT2D eigenvalue weighted by Gasteiger charge is -2.24. The van der Waals surface area contributed by atoms with E-state index in [9.17, 15) is 5.11 Å². The zero-order chi connectivity index (χ0) is 20.0. The number of nitrogens with zero attached hydrogens (tertiary/aromatic N) is 5. The molecule has 0 bridgehead atoms. The van der Waals surface area contributed by atoms with Crippen LogP contribution >= 0.6 is 11.6 Å². The summed E-state index contributed by atoms with van der Waals surface area (Å²) in [6, 6.07) is 9.84. The van der Waals surface area contributed by atoms with Gasteiger partial charge in [-0.2, -0.15) is 0 Å². The number of aromatic nitrogens is 4. The third-order valence-corrected chi connectivity index (χ3v) is 5.84. The fraction of sp³-hybridized carbons (Fsp3) is 0.286. The lowest BCUT2D eigenvalue weighted by atomic mass is 10.2. The summed E-state index contributed by atoms with van der Waals surface area (Å²) in [5.74, 6) is 1.53. The van der Waals surface area contributed by atoms with Gasteiger partial charge in [0.1, 0.15) is 23.2 Å². The number of fused-ring (bicyclic) bond motifs is 3. The Morgan fingerprint density at radius 3 is 2.97 bits per heavy atom. The summed E-state index contributed by atoms with van der Waals surface area (Å²) in [4.78, 5) is 16.1. The van der Waals surface area contributed by atoms with Gasteiger partial charge >= 0.3 is 0 Å². The Hall–Kier alpha value is -2.90. The van der Waals surface area contributed by atoms with E-state index in [-0.39, 0.29) is 12.6 Å². The van der Waals surface area contributed by atoms with Crippen LogP contribution in [0.1, 0.15) is 18.4 Å². The molecule has 1 aromatic carbocycles. The topological polar surface area (TPSA) is 78.6 Å². The van der Waals surface area contributed by atoms with Crippen molar-refractivity contribution in [1.29, 1.82) is 0 Å². The Balaban J connectivity index is 1.62. The predicted molar refractivity (Wildman–Crippen MR) is 115 cm³/mol. The summed E-state index contributed by atoms with van der Waals surface area (Å²) in [5.41, 5.74) is 4.18. The number of imidazole rings is 1. The van der Waals surface area contributed by atoms with Crippen LogP contribution in [0.2, 0.25) is 5.02 Å². The lowest BCUT2D eigenvalue weighted by molar-refractivity contribution is 0.266. The molecule has 7 nitrogen and oxygen atoms in total. The van der Waals surface area contributed by atoms with E-state index in [4.69, 9.17) is 21.6 Å². The molecule has 3 aromatic heterocycles. The maximum absolute atomic E-state index is 9.66. The predicted octanol–water partition coefficient (Wildman–Crippen LogP) is 3.94. The average Bonchev–Trinajstić information content (AvgIpc) is 3.40. The average molecular weight is 409 g/mol. The molecule has 1 aliphatic rings. The normalized spacial score (nSPS) is 16.8. The molecule has 8 heteroatoms. The molecular formula is C21H21ClN6O. The van der Waals surface area contributed by atoms with E-state index < -0.39 is 0 Å². The second-order valence-corrected chi connectivity index (χ2v) is 7.76. The van der Waals surface area contributed by atoms with Crippen molar-refractivity contribution in [2.45, 2.75) is 25.8 Å². The minimum absolute atomic E-state index is 0.121. The number of aliphatic hydroxyl groups excluding tert-OH is 1. The molecule has 2 N–H and O–H groups in total. The van der Waals surface area contributed by atoms with Crippen LogP contribution in [-0.4, -0.2) is 43.7 Å². The fourth-order valence-corrected chi connectivity index (χ4v) is 4.27. The Labute approximate surface area is 173 Å². The molecule has 1 aliphatic heterocycles. The van der Waals surface area contributed by atoms with Crippen molar-refractivity contribution < 1.29 is 5.11 Å². The van der Waals surface area contributed by atoms with Crippen LogP contribution < -0.4 is 10.2 Å². The third kappa shape index (κ3) is 3.07. The fourth-order valence-electron chi connectivity index (χ4n) is 4.00. The minimum Gasteiger partial charge on any atom is -0.394 e. The van der Waals surface area contributed by atoms with Crippen LogP contribution in [0.15, 0.2) is 42.9 Å². The summed E-state index contributed by atoms with van der Waals surface area (Å²) in [7, 11) is 0. The van der Waals surface area contributed by atoms with E-state index in [2.05, 4.69) is 15.2 Å². The number of anilines is 3. The van der Waals surface area contributed by atoms with E-state index in [1.807, 2.05) is 41.7 Å². The van der Waals surface area contributed by atoms with Gasteiger partial charge in [-0.3, -0.25) is 4.40 Å². The van der Waals surface area contributed by atoms with Gasteiger partial charge in [0.2, 0.25) is 0 Å². The van der Waals surface area contributed by atoms with E-state index in [0.29, 0.717) is 10.8 Å². The molecular weight excluding hydrogens is 388 g/mol. The smallest absolute Gasteiger partial charge is 0.166 e. The van der Waals surface area contributed by atoms with E-state index in [1.165, 1.54) is 0 Å². The van der Waals surface area contributed by atoms with Gasteiger partial charge in [-0.1, -0.05) is 23.7 Å². The Kier molecular flexibility index (Phi) is 4.49. The highest BCUT2D eigenvalue weighted by molar-refractivity contribution is 6.33. The number of rotatable bonds is 4. The molecule has 29 heavy (non-hydrogen) atoms. The molecule has 1 unspecified atom stereocenters. The third-order valence-electron chi connectivity index (χ3n) is 5.53. The van der Waals surface area contributed by atoms with Crippen molar-refractivity contribution in [1.82, 2.24) is 19.4 Å². The van der Waals surface area contributed by atoms with Crippen molar-refractivity contribution in [2.75, 3.05) is 23.4 Å². The first-order valence-electron chi connectivity index (χ1n) is 9.68. The van der Waals surface area contributed by atoms with Crippen LogP contribution in [0.5, 0.6) is 0 Å². The van der Waals surface area contributed by atoms with Crippen molar-refractivity contribution in [3.8, 4) is 0 Å². The molecule has 0 amide bonds. The molecule has 0 spiro atoms. The van der Waals surface area contributed by atoms with Crippen molar-refractivity contribution in [3.05, 3.63) is 53.4 Å². The van der Waals surface area contributed by atoms with E-state index in [1.54, 1.807) is 12.5 Å². The van der Waals surface area contributed by atoms with Crippen molar-refractivity contribution in [3.63, 3.8) is 0 Å². The van der Waals surface area contributed by atoms with E-state index in [0.717, 1.165) is 53.1 Å². The van der Waals surface area contributed by atoms with Gasteiger partial charge in [0, 0.05) is 6.54 Å². The maximum Gasteiger partial charge on any atom is 0.166 e. The van der Waals surface area contributed by atoms with Gasteiger partial charge in [-0.05, 0) is 43.5 Å². The maximum atomic E-state index is 9.66. The van der Waals surface area contributed by atoms with Gasteiger partial charge < -0.3 is 15.3 Å². The first kappa shape index (κ1) is 18.1. The van der Waals surface area contributed by atoms with Crippen molar-refractivity contribution in [2.24, 2.45) is 0 Å². The number of halogens is 1. The summed E-state index contributed by atoms with van der Waals surface area (Å²) in [5, 5.41) is 13.7. The van der Waals surface area contributed by atoms with Gasteiger partial charge in [0.25, 0.3) is 0 Å². The van der Waals surface area contributed by atoms with Gasteiger partial charge in [-0.15, -0.1) is 0 Å². The van der Waals surface area contributed by atoms with Crippen LogP contribution in [0.3, 0.4) is 0 Å². The zero-order valence-corrected chi connectivity index (χ0v) is 16.8. The number of pyridine rings is 1. The molecule has 0 aliphatic carbocycles. The number of hydrogen-bond acceptors (Lipinski definition) is 6. The Bertz CT molecular complexity index is 1190. The molecule has 1 fully saturated rings. The van der Waals surface area contributed by atoms with Crippen LogP contribution in [0.25, 0.3) is 16.7 Å². The Morgan fingerprint density at radius 2 is 2.14 bits per heavy atom. The monoisotopic (exact) mass is 408 g/mol. The summed E-state index contributed by atoms with van der Waals surface area (Å²) in [6.45, 7) is 3.04. The van der Waals surface area contributed by atoms with Gasteiger partial charge in [-0.25, -0.2) is 15.0 Å². The highest BCUT2D eigenvalue weighted by Crippen LogP contribution is 2.32. The van der Waals surface area contributed by atoms with Crippen molar-refractivity contribution >= 4 is 45.6 Å². The molecule has 0 radical (unpaired) electrons. The van der Waals surface area contributed by atoms with Gasteiger partial charge in [0.15, 0.2) is 11.5 Å². The second-order valence-electron chi connectivity index (χ2n) is 7.35. The summed E-state index contributed by atoms with van der Waals surface area (Å²) in [6.07, 6.45) is 5.55. The number of aliphatic hydroxyl groups is 1. The minimum atomic E-state index is 0.121. The Morgan fingerprint density at radius 1 is 1.24 bits per heavy atom. The quantitative estimate of drug-likeness (QED) is 0.532. The highest BCUT2D eigenvalue weighted by atomic mass is 35.5. The molecule has 5 rings (SSSR count). The second kappa shape index (κ2) is 7.17. The molecule has 4 heterocycles. The molecule has 148 valence electrons. The highest BCUT2D eigenvalue weighted by Gasteiger charge is 2.25. The molecule has 0 saturated carbocycles. The number of nitrogens with one attached hydrogen (secondary N) is 1.